The number of aromatic nitrogens is 2. The van der Waals surface area contributed by atoms with Gasteiger partial charge >= 0.3 is 0 Å². The van der Waals surface area contributed by atoms with E-state index in [0.29, 0.717) is 5.11 Å². The molecule has 2 atom stereocenters. The first-order chi connectivity index (χ1) is 21.3. The molecule has 0 spiro atoms. The summed E-state index contributed by atoms with van der Waals surface area (Å²) in [6.45, 7) is 15.2. The predicted molar refractivity (Wildman–Crippen MR) is 189 cm³/mol. The van der Waals surface area contributed by atoms with Gasteiger partial charge < -0.3 is 24.6 Å². The lowest BCUT2D eigenvalue weighted by atomic mass is 9.96. The Labute approximate surface area is 272 Å². The molecular formula is C36H43ClN6S. The number of pyridine rings is 1. The summed E-state index contributed by atoms with van der Waals surface area (Å²) < 4.78 is 2.35. The fourth-order valence-electron chi connectivity index (χ4n) is 6.99. The van der Waals surface area contributed by atoms with Gasteiger partial charge in [0.2, 0.25) is 0 Å². The first-order valence-electron chi connectivity index (χ1n) is 15.9. The molecule has 6 nitrogen and oxygen atoms in total. The smallest absolute Gasteiger partial charge is 0.174 e. The van der Waals surface area contributed by atoms with E-state index >= 15 is 0 Å². The lowest BCUT2D eigenvalue weighted by Crippen LogP contribution is -2.33. The Bertz CT molecular complexity index is 1610. The zero-order chi connectivity index (χ0) is 31.0. The fourth-order valence-corrected chi connectivity index (χ4v) is 7.63. The molecule has 2 unspecified atom stereocenters. The average molecular weight is 627 g/mol. The van der Waals surface area contributed by atoms with Gasteiger partial charge in [-0.1, -0.05) is 24.6 Å². The Morgan fingerprint density at radius 1 is 0.955 bits per heavy atom. The van der Waals surface area contributed by atoms with E-state index in [1.807, 2.05) is 18.3 Å². The van der Waals surface area contributed by atoms with E-state index in [0.717, 1.165) is 59.9 Å². The van der Waals surface area contributed by atoms with E-state index in [2.05, 4.69) is 114 Å². The third-order valence-electron chi connectivity index (χ3n) is 9.46. The molecule has 0 amide bonds. The highest BCUT2D eigenvalue weighted by Crippen LogP contribution is 2.45. The highest BCUT2D eigenvalue weighted by atomic mass is 35.5. The molecular weight excluding hydrogens is 584 g/mol. The zero-order valence-electron chi connectivity index (χ0n) is 26.4. The van der Waals surface area contributed by atoms with Crippen LogP contribution in [0.4, 0.5) is 17.1 Å². The van der Waals surface area contributed by atoms with Crippen molar-refractivity contribution < 1.29 is 0 Å². The van der Waals surface area contributed by atoms with Crippen LogP contribution in [0, 0.1) is 19.8 Å². The molecule has 0 saturated carbocycles. The van der Waals surface area contributed by atoms with Crippen molar-refractivity contribution in [2.45, 2.75) is 59.5 Å². The Hall–Kier alpha value is -3.55. The Morgan fingerprint density at radius 2 is 1.66 bits per heavy atom. The number of halogens is 1. The molecule has 2 aromatic heterocycles. The minimum absolute atomic E-state index is 0.106. The molecule has 0 aliphatic carbocycles. The molecule has 2 aliphatic heterocycles. The summed E-state index contributed by atoms with van der Waals surface area (Å²) >= 11 is 13.1. The highest BCUT2D eigenvalue weighted by Gasteiger charge is 2.42. The van der Waals surface area contributed by atoms with Gasteiger partial charge in [0.05, 0.1) is 28.5 Å². The van der Waals surface area contributed by atoms with Crippen LogP contribution in [-0.4, -0.2) is 40.8 Å². The number of benzene rings is 2. The van der Waals surface area contributed by atoms with Crippen LogP contribution in [0.3, 0.4) is 0 Å². The third-order valence-corrected chi connectivity index (χ3v) is 10.1. The summed E-state index contributed by atoms with van der Waals surface area (Å²) in [5.41, 5.74) is 9.02. The van der Waals surface area contributed by atoms with Crippen molar-refractivity contribution >= 4 is 46.0 Å². The van der Waals surface area contributed by atoms with Crippen LogP contribution in [0.5, 0.6) is 0 Å². The molecule has 2 aliphatic rings. The normalized spacial score (nSPS) is 19.0. The van der Waals surface area contributed by atoms with Gasteiger partial charge in [-0.3, -0.25) is 4.98 Å². The summed E-state index contributed by atoms with van der Waals surface area (Å²) in [4.78, 5) is 11.8. The van der Waals surface area contributed by atoms with Crippen molar-refractivity contribution in [1.29, 1.82) is 0 Å². The zero-order valence-corrected chi connectivity index (χ0v) is 28.0. The molecule has 4 heterocycles. The van der Waals surface area contributed by atoms with Crippen LogP contribution < -0.4 is 20.0 Å². The van der Waals surface area contributed by atoms with Crippen LogP contribution in [0.25, 0.3) is 5.69 Å². The van der Waals surface area contributed by atoms with Gasteiger partial charge in [0.15, 0.2) is 5.11 Å². The van der Waals surface area contributed by atoms with Crippen LogP contribution in [-0.2, 0) is 0 Å². The van der Waals surface area contributed by atoms with Crippen LogP contribution in [0.2, 0.25) is 5.02 Å². The van der Waals surface area contributed by atoms with Crippen LogP contribution >= 0.6 is 23.8 Å². The van der Waals surface area contributed by atoms with Gasteiger partial charge in [0, 0.05) is 60.8 Å². The Balaban J connectivity index is 1.40. The number of rotatable bonds is 8. The number of nitrogens with zero attached hydrogens (tertiary/aromatic N) is 5. The minimum Gasteiger partial charge on any atom is -0.372 e. The van der Waals surface area contributed by atoms with Crippen molar-refractivity contribution in [2.24, 2.45) is 5.92 Å². The molecule has 2 aromatic carbocycles. The lowest BCUT2D eigenvalue weighted by molar-refractivity contribution is 0.438. The van der Waals surface area contributed by atoms with Crippen LogP contribution in [0.15, 0.2) is 72.9 Å². The number of hydrogen-bond acceptors (Lipinski definition) is 4. The molecule has 44 heavy (non-hydrogen) atoms. The number of nitrogens with one attached hydrogen (secondary N) is 1. The van der Waals surface area contributed by atoms with E-state index < -0.39 is 0 Å². The number of piperidine rings is 1. The van der Waals surface area contributed by atoms with Gasteiger partial charge in [-0.15, -0.1) is 0 Å². The summed E-state index contributed by atoms with van der Waals surface area (Å²) in [6.07, 6.45) is 4.24. The third kappa shape index (κ3) is 5.68. The molecule has 8 heteroatoms. The fraction of sp³-hybridized carbons (Fsp3) is 0.389. The minimum atomic E-state index is -0.121. The topological polar surface area (TPSA) is 39.6 Å². The maximum Gasteiger partial charge on any atom is 0.174 e. The van der Waals surface area contributed by atoms with E-state index in [4.69, 9.17) is 28.8 Å². The van der Waals surface area contributed by atoms with Gasteiger partial charge in [-0.2, -0.15) is 0 Å². The van der Waals surface area contributed by atoms with Gasteiger partial charge in [0.25, 0.3) is 0 Å². The van der Waals surface area contributed by atoms with Gasteiger partial charge in [-0.05, 0) is 125 Å². The van der Waals surface area contributed by atoms with Gasteiger partial charge in [0.1, 0.15) is 0 Å². The highest BCUT2D eigenvalue weighted by molar-refractivity contribution is 7.80. The van der Waals surface area contributed by atoms with Crippen molar-refractivity contribution in [2.75, 3.05) is 40.9 Å². The van der Waals surface area contributed by atoms with Crippen molar-refractivity contribution in [3.8, 4) is 5.69 Å². The van der Waals surface area contributed by atoms with E-state index in [1.165, 1.54) is 35.5 Å². The second-order valence-electron chi connectivity index (χ2n) is 12.2. The first kappa shape index (κ1) is 30.5. The lowest BCUT2D eigenvalue weighted by Gasteiger charge is -2.33. The number of hydrogen-bond donors (Lipinski definition) is 1. The summed E-state index contributed by atoms with van der Waals surface area (Å²) in [6, 6.07) is 23.5. The second-order valence-corrected chi connectivity index (χ2v) is 12.9. The largest absolute Gasteiger partial charge is 0.372 e. The standard InChI is InChI=1S/C36H43ClN6S/c1-6-40(7-2)27-11-13-28(14-12-27)42-25(4)22-30(26(42)5)35-34(32-10-8-9-19-38-32)39-36(44)43(35)29-15-16-33(31(37)23-29)41-20-17-24(3)18-21-41/h8-16,19,22-24,34-35H,6-7,17-18,20-21H2,1-5H3,(H,39,44). The Morgan fingerprint density at radius 3 is 2.30 bits per heavy atom. The second kappa shape index (κ2) is 12.8. The monoisotopic (exact) mass is 626 g/mol. The number of thiocarbonyl (C=S) groups is 1. The molecule has 2 fully saturated rings. The molecule has 0 bridgehead atoms. The Kier molecular flexibility index (Phi) is 8.88. The van der Waals surface area contributed by atoms with E-state index in [1.54, 1.807) is 0 Å². The van der Waals surface area contributed by atoms with Gasteiger partial charge in [-0.25, -0.2) is 0 Å². The predicted octanol–water partition coefficient (Wildman–Crippen LogP) is 8.40. The molecule has 2 saturated heterocycles. The average Bonchev–Trinajstić information content (AvgIpc) is 3.53. The molecule has 4 aromatic rings. The molecule has 230 valence electrons. The van der Waals surface area contributed by atoms with Crippen molar-refractivity contribution in [1.82, 2.24) is 14.9 Å². The van der Waals surface area contributed by atoms with E-state index in [9.17, 15) is 0 Å². The van der Waals surface area contributed by atoms with Crippen LogP contribution in [0.1, 0.15) is 68.3 Å². The molecule has 1 N–H and O–H groups in total. The number of anilines is 3. The first-order valence-corrected chi connectivity index (χ1v) is 16.7. The summed E-state index contributed by atoms with van der Waals surface area (Å²) in [5, 5.41) is 5.06. The quantitative estimate of drug-likeness (QED) is 0.198. The summed E-state index contributed by atoms with van der Waals surface area (Å²) in [5.74, 6) is 0.765. The van der Waals surface area contributed by atoms with E-state index in [-0.39, 0.29) is 12.1 Å². The summed E-state index contributed by atoms with van der Waals surface area (Å²) in [7, 11) is 0. The molecule has 6 rings (SSSR count). The van der Waals surface area contributed by atoms with Crippen molar-refractivity contribution in [3.63, 3.8) is 0 Å². The van der Waals surface area contributed by atoms with Crippen molar-refractivity contribution in [3.05, 3.63) is 101 Å². The number of aryl methyl sites for hydroxylation is 1. The maximum absolute atomic E-state index is 7.02. The maximum atomic E-state index is 7.02. The SMILES string of the molecule is CCN(CC)c1ccc(-n2c(C)cc(C3C(c4ccccn4)NC(=S)N3c3ccc(N4CCC(C)CC4)c(Cl)c3)c2C)cc1. The molecule has 0 radical (unpaired) electrons.